The van der Waals surface area contributed by atoms with Crippen molar-refractivity contribution in [3.63, 3.8) is 0 Å². The van der Waals surface area contributed by atoms with Gasteiger partial charge in [-0.15, -0.1) is 0 Å². The third kappa shape index (κ3) is 2.08. The van der Waals surface area contributed by atoms with Gasteiger partial charge in [-0.3, -0.25) is 0 Å². The largest absolute Gasteiger partial charge is 0.388 e. The van der Waals surface area contributed by atoms with Crippen molar-refractivity contribution < 1.29 is 20.1 Å². The summed E-state index contributed by atoms with van der Waals surface area (Å²) in [6.45, 7) is 5.73. The van der Waals surface area contributed by atoms with Crippen molar-refractivity contribution in [2.45, 2.75) is 57.7 Å². The van der Waals surface area contributed by atoms with Gasteiger partial charge in [0.1, 0.15) is 18.3 Å². The Morgan fingerprint density at radius 2 is 1.64 bits per heavy atom. The SMILES string of the molecule is CCC1OC(C(C)C)[C@H](O)[C@@H](O)[C@@H]1O. The molecular weight excluding hydrogens is 184 g/mol. The zero-order valence-corrected chi connectivity index (χ0v) is 8.92. The molecule has 0 aliphatic carbocycles. The van der Waals surface area contributed by atoms with Crippen LogP contribution in [0, 0.1) is 5.92 Å². The molecule has 14 heavy (non-hydrogen) atoms. The Labute approximate surface area is 84.5 Å². The highest BCUT2D eigenvalue weighted by atomic mass is 16.5. The first-order valence-corrected chi connectivity index (χ1v) is 5.18. The van der Waals surface area contributed by atoms with E-state index >= 15 is 0 Å². The van der Waals surface area contributed by atoms with Crippen LogP contribution < -0.4 is 0 Å². The third-order valence-electron chi connectivity index (χ3n) is 2.81. The standard InChI is InChI=1S/C10H20O4/c1-4-6-7(11)8(12)9(13)10(14-6)5(2)3/h5-13H,4H2,1-3H3/t6?,7-,8+,9-,10?/m1/s1. The first kappa shape index (κ1) is 11.9. The highest BCUT2D eigenvalue weighted by Crippen LogP contribution is 2.26. The van der Waals surface area contributed by atoms with E-state index in [9.17, 15) is 15.3 Å². The molecule has 0 saturated carbocycles. The number of aliphatic hydroxyl groups is 3. The zero-order chi connectivity index (χ0) is 10.9. The molecule has 1 heterocycles. The summed E-state index contributed by atoms with van der Waals surface area (Å²) in [4.78, 5) is 0. The van der Waals surface area contributed by atoms with Crippen LogP contribution in [0.5, 0.6) is 0 Å². The molecule has 1 aliphatic rings. The van der Waals surface area contributed by atoms with Crippen LogP contribution in [0.2, 0.25) is 0 Å². The lowest BCUT2D eigenvalue weighted by atomic mass is 9.89. The Morgan fingerprint density at radius 1 is 1.07 bits per heavy atom. The first-order chi connectivity index (χ1) is 6.49. The Kier molecular flexibility index (Phi) is 3.89. The van der Waals surface area contributed by atoms with Crippen LogP contribution in [-0.2, 0) is 4.74 Å². The van der Waals surface area contributed by atoms with E-state index in [1.165, 1.54) is 0 Å². The minimum Gasteiger partial charge on any atom is -0.388 e. The van der Waals surface area contributed by atoms with E-state index in [-0.39, 0.29) is 12.0 Å². The lowest BCUT2D eigenvalue weighted by Gasteiger charge is -2.42. The summed E-state index contributed by atoms with van der Waals surface area (Å²) in [6, 6.07) is 0. The van der Waals surface area contributed by atoms with Gasteiger partial charge in [0.25, 0.3) is 0 Å². The maximum absolute atomic E-state index is 9.66. The Morgan fingerprint density at radius 3 is 2.07 bits per heavy atom. The third-order valence-corrected chi connectivity index (χ3v) is 2.81. The number of rotatable bonds is 2. The van der Waals surface area contributed by atoms with E-state index in [0.29, 0.717) is 6.42 Å². The van der Waals surface area contributed by atoms with Crippen LogP contribution in [0.4, 0.5) is 0 Å². The molecule has 0 radical (unpaired) electrons. The lowest BCUT2D eigenvalue weighted by Crippen LogP contribution is -2.58. The Bertz CT molecular complexity index is 181. The molecule has 5 atom stereocenters. The Balaban J connectivity index is 2.73. The summed E-state index contributed by atoms with van der Waals surface area (Å²) in [5.74, 6) is 0.126. The monoisotopic (exact) mass is 204 g/mol. The highest BCUT2D eigenvalue weighted by molar-refractivity contribution is 4.92. The predicted octanol–water partition coefficient (Wildman–Crippen LogP) is -0.0975. The molecule has 1 aliphatic heterocycles. The summed E-state index contributed by atoms with van der Waals surface area (Å²) in [5.41, 5.74) is 0. The lowest BCUT2D eigenvalue weighted by molar-refractivity contribution is -0.232. The van der Waals surface area contributed by atoms with Crippen LogP contribution in [0.3, 0.4) is 0 Å². The molecule has 4 heteroatoms. The van der Waals surface area contributed by atoms with E-state index in [2.05, 4.69) is 0 Å². The van der Waals surface area contributed by atoms with E-state index in [0.717, 1.165) is 0 Å². The van der Waals surface area contributed by atoms with Crippen LogP contribution in [0.15, 0.2) is 0 Å². The summed E-state index contributed by atoms with van der Waals surface area (Å²) < 4.78 is 5.53. The number of hydrogen-bond donors (Lipinski definition) is 3. The summed E-state index contributed by atoms with van der Waals surface area (Å²) in [6.07, 6.45) is -3.20. The fraction of sp³-hybridized carbons (Fsp3) is 1.00. The van der Waals surface area contributed by atoms with Gasteiger partial charge >= 0.3 is 0 Å². The number of ether oxygens (including phenoxy) is 1. The zero-order valence-electron chi connectivity index (χ0n) is 8.92. The van der Waals surface area contributed by atoms with E-state index in [1.807, 2.05) is 20.8 Å². The maximum atomic E-state index is 9.66. The fourth-order valence-electron chi connectivity index (χ4n) is 1.87. The minimum absolute atomic E-state index is 0.126. The first-order valence-electron chi connectivity index (χ1n) is 5.18. The second-order valence-electron chi connectivity index (χ2n) is 4.26. The summed E-state index contributed by atoms with van der Waals surface area (Å²) in [7, 11) is 0. The molecule has 2 unspecified atom stereocenters. The molecule has 0 bridgehead atoms. The predicted molar refractivity (Wildman–Crippen MR) is 51.8 cm³/mol. The van der Waals surface area contributed by atoms with Gasteiger partial charge in [-0.05, 0) is 12.3 Å². The molecular formula is C10H20O4. The summed E-state index contributed by atoms with van der Waals surface area (Å²) >= 11 is 0. The van der Waals surface area contributed by atoms with Crippen molar-refractivity contribution in [3.05, 3.63) is 0 Å². The molecule has 0 amide bonds. The molecule has 4 nitrogen and oxygen atoms in total. The molecule has 1 fully saturated rings. The topological polar surface area (TPSA) is 69.9 Å². The molecule has 0 spiro atoms. The number of aliphatic hydroxyl groups excluding tert-OH is 3. The molecule has 3 N–H and O–H groups in total. The van der Waals surface area contributed by atoms with Crippen LogP contribution >= 0.6 is 0 Å². The van der Waals surface area contributed by atoms with Gasteiger partial charge in [0, 0.05) is 0 Å². The van der Waals surface area contributed by atoms with Crippen molar-refractivity contribution in [1.29, 1.82) is 0 Å². The van der Waals surface area contributed by atoms with Crippen molar-refractivity contribution in [2.75, 3.05) is 0 Å². The molecule has 84 valence electrons. The van der Waals surface area contributed by atoms with E-state index < -0.39 is 24.4 Å². The quantitative estimate of drug-likeness (QED) is 0.587. The number of hydrogen-bond acceptors (Lipinski definition) is 4. The van der Waals surface area contributed by atoms with Crippen molar-refractivity contribution in [1.82, 2.24) is 0 Å². The van der Waals surface area contributed by atoms with Gasteiger partial charge in [-0.2, -0.15) is 0 Å². The van der Waals surface area contributed by atoms with Crippen LogP contribution in [0.25, 0.3) is 0 Å². The minimum atomic E-state index is -1.10. The van der Waals surface area contributed by atoms with Crippen molar-refractivity contribution >= 4 is 0 Å². The molecule has 1 saturated heterocycles. The highest BCUT2D eigenvalue weighted by Gasteiger charge is 2.43. The van der Waals surface area contributed by atoms with Gasteiger partial charge in [0.2, 0.25) is 0 Å². The van der Waals surface area contributed by atoms with E-state index in [4.69, 9.17) is 4.74 Å². The second-order valence-corrected chi connectivity index (χ2v) is 4.26. The second kappa shape index (κ2) is 4.57. The molecule has 1 rings (SSSR count). The van der Waals surface area contributed by atoms with Crippen LogP contribution in [0.1, 0.15) is 27.2 Å². The van der Waals surface area contributed by atoms with Crippen LogP contribution in [-0.4, -0.2) is 45.8 Å². The Hall–Kier alpha value is -0.160. The van der Waals surface area contributed by atoms with Crippen molar-refractivity contribution in [2.24, 2.45) is 5.92 Å². The van der Waals surface area contributed by atoms with Crippen molar-refractivity contribution in [3.8, 4) is 0 Å². The molecule has 0 aromatic rings. The summed E-state index contributed by atoms with van der Waals surface area (Å²) in [5, 5.41) is 28.8. The molecule has 0 aromatic heterocycles. The average Bonchev–Trinajstić information content (AvgIpc) is 2.14. The van der Waals surface area contributed by atoms with E-state index in [1.54, 1.807) is 0 Å². The fourth-order valence-corrected chi connectivity index (χ4v) is 1.87. The maximum Gasteiger partial charge on any atom is 0.111 e. The van der Waals surface area contributed by atoms with Gasteiger partial charge in [-0.1, -0.05) is 20.8 Å². The van der Waals surface area contributed by atoms with Gasteiger partial charge in [0.05, 0.1) is 12.2 Å². The normalized spacial score (nSPS) is 44.4. The molecule has 0 aromatic carbocycles. The van der Waals surface area contributed by atoms with Gasteiger partial charge in [-0.25, -0.2) is 0 Å². The smallest absolute Gasteiger partial charge is 0.111 e. The average molecular weight is 204 g/mol. The van der Waals surface area contributed by atoms with Gasteiger partial charge in [0.15, 0.2) is 0 Å². The van der Waals surface area contributed by atoms with Gasteiger partial charge < -0.3 is 20.1 Å².